The Morgan fingerprint density at radius 1 is 1.00 bits per heavy atom. The van der Waals surface area contributed by atoms with Crippen LogP contribution < -0.4 is 10.6 Å². The molecule has 0 radical (unpaired) electrons. The zero-order valence-corrected chi connectivity index (χ0v) is 12.6. The standard InChI is InChI=1S/C18H16N4O/c1-11-6-5-9-13-15(11)20-17(21-18(13)23)14-10-19-22-16(14)12-7-3-2-4-8-12/h2-10,17,20H,1H3,(H,19,22)(H,21,23). The van der Waals surface area contributed by atoms with Crippen molar-refractivity contribution in [3.63, 3.8) is 0 Å². The van der Waals surface area contributed by atoms with E-state index in [1.807, 2.05) is 55.5 Å². The van der Waals surface area contributed by atoms with Gasteiger partial charge in [-0.3, -0.25) is 9.89 Å². The molecule has 1 atom stereocenters. The topological polar surface area (TPSA) is 69.8 Å². The number of para-hydroxylation sites is 1. The summed E-state index contributed by atoms with van der Waals surface area (Å²) in [4.78, 5) is 12.4. The molecule has 1 aliphatic rings. The largest absolute Gasteiger partial charge is 0.361 e. The highest BCUT2D eigenvalue weighted by Gasteiger charge is 2.28. The summed E-state index contributed by atoms with van der Waals surface area (Å²) in [5.41, 5.74) is 5.45. The highest BCUT2D eigenvalue weighted by molar-refractivity contribution is 6.02. The van der Waals surface area contributed by atoms with Gasteiger partial charge in [0.05, 0.1) is 23.1 Å². The van der Waals surface area contributed by atoms with Crippen LogP contribution in [-0.4, -0.2) is 16.1 Å². The van der Waals surface area contributed by atoms with Crippen LogP contribution in [0.4, 0.5) is 5.69 Å². The van der Waals surface area contributed by atoms with Gasteiger partial charge >= 0.3 is 0 Å². The Balaban J connectivity index is 1.75. The third-order valence-corrected chi connectivity index (χ3v) is 4.12. The lowest BCUT2D eigenvalue weighted by atomic mass is 10.0. The summed E-state index contributed by atoms with van der Waals surface area (Å²) in [5, 5.41) is 13.6. The molecule has 1 aliphatic heterocycles. The number of aromatic amines is 1. The molecule has 23 heavy (non-hydrogen) atoms. The van der Waals surface area contributed by atoms with Gasteiger partial charge in [-0.2, -0.15) is 5.10 Å². The molecular formula is C18H16N4O. The summed E-state index contributed by atoms with van der Waals surface area (Å²) in [6.07, 6.45) is 1.44. The molecule has 5 heteroatoms. The second kappa shape index (κ2) is 5.28. The quantitative estimate of drug-likeness (QED) is 0.680. The van der Waals surface area contributed by atoms with E-state index in [-0.39, 0.29) is 12.1 Å². The number of H-pyrrole nitrogens is 1. The second-order valence-corrected chi connectivity index (χ2v) is 5.61. The van der Waals surface area contributed by atoms with Crippen molar-refractivity contribution in [3.8, 4) is 11.3 Å². The third-order valence-electron chi connectivity index (χ3n) is 4.12. The summed E-state index contributed by atoms with van der Waals surface area (Å²) in [7, 11) is 0. The van der Waals surface area contributed by atoms with Crippen molar-refractivity contribution in [2.45, 2.75) is 13.1 Å². The van der Waals surface area contributed by atoms with E-state index in [1.165, 1.54) is 0 Å². The first-order valence-electron chi connectivity index (χ1n) is 7.50. The van der Waals surface area contributed by atoms with E-state index in [0.29, 0.717) is 5.56 Å². The molecule has 0 spiro atoms. The monoisotopic (exact) mass is 304 g/mol. The van der Waals surface area contributed by atoms with Crippen LogP contribution in [0.15, 0.2) is 54.7 Å². The number of carbonyl (C=O) groups excluding carboxylic acids is 1. The van der Waals surface area contributed by atoms with Crippen LogP contribution in [0.1, 0.15) is 27.7 Å². The summed E-state index contributed by atoms with van der Waals surface area (Å²) in [6.45, 7) is 2.00. The van der Waals surface area contributed by atoms with Gasteiger partial charge in [-0.1, -0.05) is 42.5 Å². The number of benzene rings is 2. The fraction of sp³-hybridized carbons (Fsp3) is 0.111. The Hall–Kier alpha value is -3.08. The van der Waals surface area contributed by atoms with Crippen molar-refractivity contribution < 1.29 is 4.79 Å². The molecule has 0 saturated heterocycles. The predicted molar refractivity (Wildman–Crippen MR) is 89.0 cm³/mol. The molecule has 2 heterocycles. The van der Waals surface area contributed by atoms with Crippen LogP contribution >= 0.6 is 0 Å². The van der Waals surface area contributed by atoms with Crippen LogP contribution in [0, 0.1) is 6.92 Å². The number of nitrogens with one attached hydrogen (secondary N) is 3. The minimum atomic E-state index is -0.315. The van der Waals surface area contributed by atoms with Gasteiger partial charge < -0.3 is 10.6 Å². The Morgan fingerprint density at radius 3 is 2.65 bits per heavy atom. The average Bonchev–Trinajstić information content (AvgIpc) is 3.06. The number of anilines is 1. The smallest absolute Gasteiger partial charge is 0.255 e. The number of aryl methyl sites for hydroxylation is 1. The molecular weight excluding hydrogens is 288 g/mol. The van der Waals surface area contributed by atoms with Crippen LogP contribution in [0.3, 0.4) is 0 Å². The lowest BCUT2D eigenvalue weighted by molar-refractivity contribution is 0.0935. The fourth-order valence-corrected chi connectivity index (χ4v) is 2.94. The molecule has 1 aromatic heterocycles. The second-order valence-electron chi connectivity index (χ2n) is 5.61. The van der Waals surface area contributed by atoms with Gasteiger partial charge in [0.1, 0.15) is 6.17 Å². The molecule has 5 nitrogen and oxygen atoms in total. The number of carbonyl (C=O) groups is 1. The van der Waals surface area contributed by atoms with Crippen molar-refractivity contribution in [3.05, 3.63) is 71.4 Å². The molecule has 1 amide bonds. The zero-order chi connectivity index (χ0) is 15.8. The van der Waals surface area contributed by atoms with Crippen LogP contribution in [0.5, 0.6) is 0 Å². The van der Waals surface area contributed by atoms with Gasteiger partial charge in [-0.05, 0) is 24.1 Å². The Morgan fingerprint density at radius 2 is 1.83 bits per heavy atom. The molecule has 1 unspecified atom stereocenters. The lowest BCUT2D eigenvalue weighted by Crippen LogP contribution is -2.38. The maximum Gasteiger partial charge on any atom is 0.255 e. The van der Waals surface area contributed by atoms with Crippen LogP contribution in [0.25, 0.3) is 11.3 Å². The Bertz CT molecular complexity index is 870. The van der Waals surface area contributed by atoms with Crippen LogP contribution in [-0.2, 0) is 0 Å². The average molecular weight is 304 g/mol. The maximum atomic E-state index is 12.4. The molecule has 114 valence electrons. The summed E-state index contributed by atoms with van der Waals surface area (Å²) < 4.78 is 0. The Labute approximate surface area is 133 Å². The van der Waals surface area contributed by atoms with Gasteiger partial charge in [0.15, 0.2) is 0 Å². The van der Waals surface area contributed by atoms with E-state index >= 15 is 0 Å². The summed E-state index contributed by atoms with van der Waals surface area (Å²) in [5.74, 6) is -0.0762. The van der Waals surface area contributed by atoms with Gasteiger partial charge in [0.2, 0.25) is 0 Å². The van der Waals surface area contributed by atoms with Crippen molar-refractivity contribution >= 4 is 11.6 Å². The molecule has 0 bridgehead atoms. The molecule has 0 saturated carbocycles. The van der Waals surface area contributed by atoms with E-state index in [1.54, 1.807) is 6.20 Å². The molecule has 3 aromatic rings. The lowest BCUT2D eigenvalue weighted by Gasteiger charge is -2.29. The number of nitrogens with zero attached hydrogens (tertiary/aromatic N) is 1. The molecule has 3 N–H and O–H groups in total. The van der Waals surface area contributed by atoms with Gasteiger partial charge in [-0.15, -0.1) is 0 Å². The molecule has 4 rings (SSSR count). The van der Waals surface area contributed by atoms with E-state index < -0.39 is 0 Å². The van der Waals surface area contributed by atoms with Crippen molar-refractivity contribution in [1.82, 2.24) is 15.5 Å². The number of fused-ring (bicyclic) bond motifs is 1. The fourth-order valence-electron chi connectivity index (χ4n) is 2.94. The molecule has 0 fully saturated rings. The van der Waals surface area contributed by atoms with E-state index in [9.17, 15) is 4.79 Å². The van der Waals surface area contributed by atoms with Gasteiger partial charge in [0, 0.05) is 5.56 Å². The maximum absolute atomic E-state index is 12.4. The van der Waals surface area contributed by atoms with Crippen LogP contribution in [0.2, 0.25) is 0 Å². The van der Waals surface area contributed by atoms with E-state index in [2.05, 4.69) is 20.8 Å². The minimum absolute atomic E-state index is 0.0762. The number of amides is 1. The highest BCUT2D eigenvalue weighted by Crippen LogP contribution is 2.32. The minimum Gasteiger partial charge on any atom is -0.361 e. The van der Waals surface area contributed by atoms with Crippen molar-refractivity contribution in [1.29, 1.82) is 0 Å². The third kappa shape index (κ3) is 2.26. The van der Waals surface area contributed by atoms with E-state index in [0.717, 1.165) is 28.1 Å². The van der Waals surface area contributed by atoms with Gasteiger partial charge in [0.25, 0.3) is 5.91 Å². The summed E-state index contributed by atoms with van der Waals surface area (Å²) >= 11 is 0. The predicted octanol–water partition coefficient (Wildman–Crippen LogP) is 3.24. The SMILES string of the molecule is Cc1cccc2c1NC(c1cn[nH]c1-c1ccccc1)NC2=O. The van der Waals surface area contributed by atoms with Crippen molar-refractivity contribution in [2.24, 2.45) is 0 Å². The van der Waals surface area contributed by atoms with Gasteiger partial charge in [-0.25, -0.2) is 0 Å². The highest BCUT2D eigenvalue weighted by atomic mass is 16.2. The van der Waals surface area contributed by atoms with E-state index in [4.69, 9.17) is 0 Å². The molecule has 0 aliphatic carbocycles. The zero-order valence-electron chi connectivity index (χ0n) is 12.6. The van der Waals surface area contributed by atoms with Crippen molar-refractivity contribution in [2.75, 3.05) is 5.32 Å². The number of hydrogen-bond donors (Lipinski definition) is 3. The number of rotatable bonds is 2. The summed E-state index contributed by atoms with van der Waals surface area (Å²) in [6, 6.07) is 15.7. The first kappa shape index (κ1) is 13.6. The Kier molecular flexibility index (Phi) is 3.12. The number of aromatic nitrogens is 2. The number of hydrogen-bond acceptors (Lipinski definition) is 3. The molecule has 2 aromatic carbocycles. The first-order chi connectivity index (χ1) is 11.2. The first-order valence-corrected chi connectivity index (χ1v) is 7.50. The normalized spacial score (nSPS) is 16.4.